The van der Waals surface area contributed by atoms with Crippen LogP contribution in [0.1, 0.15) is 102 Å². The van der Waals surface area contributed by atoms with Gasteiger partial charge in [0.25, 0.3) is 0 Å². The van der Waals surface area contributed by atoms with Crippen LogP contribution in [0.25, 0.3) is 10.8 Å². The summed E-state index contributed by atoms with van der Waals surface area (Å²) in [5.41, 5.74) is 1.99. The molecule has 31 heavy (non-hydrogen) atoms. The second kappa shape index (κ2) is 16.0. The third kappa shape index (κ3) is 9.95. The molecule has 0 N–H and O–H groups in total. The molecule has 5 heteroatoms. The summed E-state index contributed by atoms with van der Waals surface area (Å²) in [6, 6.07) is 9.54. The maximum absolute atomic E-state index is 11.9. The van der Waals surface area contributed by atoms with Gasteiger partial charge in [-0.15, -0.1) is 0 Å². The van der Waals surface area contributed by atoms with Gasteiger partial charge in [-0.05, 0) is 53.6 Å². The largest absolute Gasteiger partial charge is 1.00 e. The molecule has 0 aliphatic heterocycles. The average molecular weight is 471 g/mol. The van der Waals surface area contributed by atoms with Crippen LogP contribution < -0.4 is 51.4 Å². The minimum atomic E-state index is -4.47. The van der Waals surface area contributed by atoms with E-state index in [1.165, 1.54) is 63.4 Å². The van der Waals surface area contributed by atoms with E-state index in [-0.39, 0.29) is 56.3 Å². The molecule has 2 rings (SSSR count). The molecule has 0 aromatic heterocycles. The molecule has 168 valence electrons. The fraction of sp³-hybridized carbons (Fsp3) is 0.615. The molecule has 0 saturated carbocycles. The average Bonchev–Trinajstić information content (AvgIpc) is 2.72. The van der Waals surface area contributed by atoms with Gasteiger partial charge in [-0.1, -0.05) is 102 Å². The van der Waals surface area contributed by atoms with Crippen molar-refractivity contribution in [2.45, 2.75) is 109 Å². The summed E-state index contributed by atoms with van der Waals surface area (Å²) in [6.07, 6.45) is 16.0. The number of unbranched alkanes of at least 4 members (excludes halogenated alkanes) is 10. The number of hydrogen-bond donors (Lipinski definition) is 0. The zero-order valence-corrected chi connectivity index (χ0v) is 23.9. The van der Waals surface area contributed by atoms with E-state index >= 15 is 0 Å². The molecule has 0 saturated heterocycles. The molecule has 0 fully saturated rings. The van der Waals surface area contributed by atoms with Gasteiger partial charge in [-0.25, -0.2) is 8.42 Å². The van der Waals surface area contributed by atoms with Crippen LogP contribution in [0.4, 0.5) is 0 Å². The van der Waals surface area contributed by atoms with Crippen LogP contribution in [0.3, 0.4) is 0 Å². The Labute approximate surface area is 233 Å². The molecular weight excluding hydrogens is 431 g/mol. The Morgan fingerprint density at radius 1 is 0.677 bits per heavy atom. The fourth-order valence-electron chi connectivity index (χ4n) is 4.35. The van der Waals surface area contributed by atoms with E-state index in [2.05, 4.69) is 19.9 Å². The van der Waals surface area contributed by atoms with Gasteiger partial charge in [0, 0.05) is 0 Å². The van der Waals surface area contributed by atoms with Crippen molar-refractivity contribution >= 4 is 20.9 Å². The first-order valence-corrected chi connectivity index (χ1v) is 13.4. The van der Waals surface area contributed by atoms with Crippen molar-refractivity contribution in [3.05, 3.63) is 41.5 Å². The Morgan fingerprint density at radius 2 is 1.23 bits per heavy atom. The van der Waals surface area contributed by atoms with E-state index in [0.29, 0.717) is 6.42 Å². The molecule has 2 aromatic rings. The van der Waals surface area contributed by atoms with Gasteiger partial charge < -0.3 is 4.55 Å². The summed E-state index contributed by atoms with van der Waals surface area (Å²) >= 11 is 0. The van der Waals surface area contributed by atoms with Crippen molar-refractivity contribution in [3.63, 3.8) is 0 Å². The molecule has 0 amide bonds. The van der Waals surface area contributed by atoms with Gasteiger partial charge in [0.1, 0.15) is 10.1 Å². The Balaban J connectivity index is 0.00000480. The van der Waals surface area contributed by atoms with Crippen LogP contribution in [-0.2, 0) is 23.0 Å². The predicted molar refractivity (Wildman–Crippen MR) is 126 cm³/mol. The monoisotopic (exact) mass is 470 g/mol. The van der Waals surface area contributed by atoms with Crippen molar-refractivity contribution in [2.24, 2.45) is 0 Å². The Morgan fingerprint density at radius 3 is 1.81 bits per heavy atom. The molecule has 0 heterocycles. The van der Waals surface area contributed by atoms with Crippen molar-refractivity contribution in [2.75, 3.05) is 0 Å². The number of hydrogen-bond acceptors (Lipinski definition) is 3. The van der Waals surface area contributed by atoms with E-state index in [0.717, 1.165) is 42.0 Å². The zero-order valence-electron chi connectivity index (χ0n) is 19.9. The van der Waals surface area contributed by atoms with E-state index < -0.39 is 10.1 Å². The molecule has 0 unspecified atom stereocenters. The zero-order chi connectivity index (χ0) is 21.8. The number of benzene rings is 2. The molecule has 0 aliphatic rings. The quantitative estimate of drug-likeness (QED) is 0.218. The van der Waals surface area contributed by atoms with Crippen LogP contribution in [-0.4, -0.2) is 13.0 Å². The molecule has 0 spiro atoms. The maximum atomic E-state index is 11.9. The summed E-state index contributed by atoms with van der Waals surface area (Å²) in [5.74, 6) is 0. The van der Waals surface area contributed by atoms with E-state index in [1.807, 2.05) is 18.2 Å². The van der Waals surface area contributed by atoms with Crippen molar-refractivity contribution < 1.29 is 64.4 Å². The summed E-state index contributed by atoms with van der Waals surface area (Å²) in [7, 11) is -4.47. The van der Waals surface area contributed by atoms with Crippen molar-refractivity contribution in [1.29, 1.82) is 0 Å². The van der Waals surface area contributed by atoms with Crippen LogP contribution >= 0.6 is 0 Å². The molecule has 0 atom stereocenters. The van der Waals surface area contributed by atoms with Crippen LogP contribution in [0.15, 0.2) is 35.2 Å². The van der Waals surface area contributed by atoms with Gasteiger partial charge in [-0.2, -0.15) is 0 Å². The molecule has 0 aliphatic carbocycles. The fourth-order valence-corrected chi connectivity index (χ4v) is 5.10. The first kappa shape index (κ1) is 29.3. The van der Waals surface area contributed by atoms with Crippen LogP contribution in [0.2, 0.25) is 0 Å². The standard InChI is InChI=1S/C26H40O3S.K/c1-3-5-7-9-11-13-16-22-17-15-19-24-23(22)20-21-26(30(27,28)29)25(24)18-14-12-10-8-6-4-2;/h15,17,19-21H,3-14,16,18H2,1-2H3,(H,27,28,29);/q;+1/p-1. The smallest absolute Gasteiger partial charge is 0.744 e. The number of rotatable bonds is 15. The Bertz CT molecular complexity index is 878. The minimum Gasteiger partial charge on any atom is -0.744 e. The summed E-state index contributed by atoms with van der Waals surface area (Å²) in [5, 5.41) is 2.06. The van der Waals surface area contributed by atoms with Gasteiger partial charge in [-0.3, -0.25) is 0 Å². The van der Waals surface area contributed by atoms with Crippen LogP contribution in [0, 0.1) is 0 Å². The first-order chi connectivity index (χ1) is 14.5. The summed E-state index contributed by atoms with van der Waals surface area (Å²) in [6.45, 7) is 4.43. The number of fused-ring (bicyclic) bond motifs is 1. The first-order valence-electron chi connectivity index (χ1n) is 12.0. The minimum absolute atomic E-state index is 0. The second-order valence-corrected chi connectivity index (χ2v) is 9.89. The molecule has 3 nitrogen and oxygen atoms in total. The van der Waals surface area contributed by atoms with Crippen LogP contribution in [0.5, 0.6) is 0 Å². The second-order valence-electron chi connectivity index (χ2n) is 8.54. The Hall–Kier alpha value is 0.246. The van der Waals surface area contributed by atoms with Gasteiger partial charge in [0.2, 0.25) is 0 Å². The third-order valence-electron chi connectivity index (χ3n) is 6.07. The van der Waals surface area contributed by atoms with Gasteiger partial charge >= 0.3 is 51.4 Å². The Kier molecular flexibility index (Phi) is 15.1. The van der Waals surface area contributed by atoms with Gasteiger partial charge in [0.05, 0.1) is 4.90 Å². The normalized spacial score (nSPS) is 11.6. The third-order valence-corrected chi connectivity index (χ3v) is 6.99. The predicted octanol–water partition coefficient (Wildman–Crippen LogP) is 4.55. The van der Waals surface area contributed by atoms with E-state index in [9.17, 15) is 13.0 Å². The SMILES string of the molecule is CCCCCCCCc1cccc2c(CCCCCCCC)c(S(=O)(=O)[O-])ccc12.[K+]. The summed E-state index contributed by atoms with van der Waals surface area (Å²) < 4.78 is 35.7. The van der Waals surface area contributed by atoms with Crippen molar-refractivity contribution in [3.8, 4) is 0 Å². The summed E-state index contributed by atoms with van der Waals surface area (Å²) in [4.78, 5) is -0.0275. The topological polar surface area (TPSA) is 57.2 Å². The van der Waals surface area contributed by atoms with E-state index in [1.54, 1.807) is 6.07 Å². The van der Waals surface area contributed by atoms with Gasteiger partial charge in [0.15, 0.2) is 0 Å². The molecular formula is C26H39KO3S. The molecule has 2 aromatic carbocycles. The molecule has 0 bridgehead atoms. The number of aryl methyl sites for hydroxylation is 2. The van der Waals surface area contributed by atoms with E-state index in [4.69, 9.17) is 0 Å². The maximum Gasteiger partial charge on any atom is 1.00 e. The van der Waals surface area contributed by atoms with Crippen molar-refractivity contribution in [1.82, 2.24) is 0 Å². The molecule has 0 radical (unpaired) electrons.